The van der Waals surface area contributed by atoms with Crippen LogP contribution < -0.4 is 4.72 Å². The first-order chi connectivity index (χ1) is 10.9. The third-order valence-corrected chi connectivity index (χ3v) is 4.20. The Labute approximate surface area is 133 Å². The van der Waals surface area contributed by atoms with Crippen molar-refractivity contribution >= 4 is 21.8 Å². The van der Waals surface area contributed by atoms with E-state index in [4.69, 9.17) is 9.15 Å². The first-order valence-electron chi connectivity index (χ1n) is 6.67. The van der Waals surface area contributed by atoms with Gasteiger partial charge in [-0.3, -0.25) is 4.79 Å². The van der Waals surface area contributed by atoms with E-state index >= 15 is 0 Å². The molecule has 1 N–H and O–H groups in total. The lowest BCUT2D eigenvalue weighted by Crippen LogP contribution is -2.23. The third-order valence-electron chi connectivity index (χ3n) is 2.80. The number of benzene rings is 1. The molecule has 1 aromatic heterocycles. The van der Waals surface area contributed by atoms with Gasteiger partial charge in [-0.15, -0.1) is 0 Å². The topological polar surface area (TPSA) is 103 Å². The molecule has 0 amide bonds. The number of carbonyl (C=O) groups excluding carboxylic acids is 2. The molecule has 122 valence electrons. The molecule has 2 rings (SSSR count). The summed E-state index contributed by atoms with van der Waals surface area (Å²) in [6.45, 7) is 0.924. The van der Waals surface area contributed by atoms with Gasteiger partial charge in [-0.05, 0) is 37.3 Å². The Morgan fingerprint density at radius 3 is 2.65 bits per heavy atom. The average molecular weight is 337 g/mol. The zero-order chi connectivity index (χ0) is 16.9. The zero-order valence-electron chi connectivity index (χ0n) is 12.3. The SMILES string of the molecule is CC(=O)COC(=O)c1cccc(S(=O)(=O)NCc2ccco2)c1. The summed E-state index contributed by atoms with van der Waals surface area (Å²) in [5.74, 6) is -0.601. The molecule has 23 heavy (non-hydrogen) atoms. The second-order valence-corrected chi connectivity index (χ2v) is 6.48. The Morgan fingerprint density at radius 1 is 1.22 bits per heavy atom. The number of rotatable bonds is 7. The van der Waals surface area contributed by atoms with Crippen molar-refractivity contribution in [1.82, 2.24) is 4.72 Å². The van der Waals surface area contributed by atoms with Crippen molar-refractivity contribution < 1.29 is 27.2 Å². The first kappa shape index (κ1) is 16.9. The quantitative estimate of drug-likeness (QED) is 0.768. The van der Waals surface area contributed by atoms with Crippen LogP contribution in [-0.4, -0.2) is 26.8 Å². The maximum atomic E-state index is 12.2. The molecule has 1 heterocycles. The predicted octanol–water partition coefficient (Wildman–Crippen LogP) is 1.50. The van der Waals surface area contributed by atoms with Gasteiger partial charge in [-0.1, -0.05) is 6.07 Å². The van der Waals surface area contributed by atoms with Gasteiger partial charge in [0.1, 0.15) is 12.4 Å². The van der Waals surface area contributed by atoms with Crippen molar-refractivity contribution in [3.05, 3.63) is 54.0 Å². The van der Waals surface area contributed by atoms with E-state index < -0.39 is 16.0 Å². The molecule has 0 saturated heterocycles. The van der Waals surface area contributed by atoms with Gasteiger partial charge in [0.05, 0.1) is 23.3 Å². The van der Waals surface area contributed by atoms with Crippen LogP contribution in [0.15, 0.2) is 52.0 Å². The van der Waals surface area contributed by atoms with Gasteiger partial charge in [0.25, 0.3) is 0 Å². The van der Waals surface area contributed by atoms with Gasteiger partial charge in [0.2, 0.25) is 10.0 Å². The van der Waals surface area contributed by atoms with Gasteiger partial charge in [-0.25, -0.2) is 17.9 Å². The molecule has 7 nitrogen and oxygen atoms in total. The fraction of sp³-hybridized carbons (Fsp3) is 0.200. The summed E-state index contributed by atoms with van der Waals surface area (Å²) in [6.07, 6.45) is 1.44. The van der Waals surface area contributed by atoms with Gasteiger partial charge >= 0.3 is 5.97 Å². The molecule has 0 radical (unpaired) electrons. The number of furan rings is 1. The first-order valence-corrected chi connectivity index (χ1v) is 8.15. The number of carbonyl (C=O) groups is 2. The Bertz CT molecular complexity index is 795. The molecule has 0 aliphatic heterocycles. The number of hydrogen-bond donors (Lipinski definition) is 1. The Morgan fingerprint density at radius 2 is 2.00 bits per heavy atom. The minimum atomic E-state index is -3.81. The summed E-state index contributed by atoms with van der Waals surface area (Å²) < 4.78 is 36.6. The van der Waals surface area contributed by atoms with Crippen molar-refractivity contribution in [2.45, 2.75) is 18.4 Å². The van der Waals surface area contributed by atoms with Crippen molar-refractivity contribution in [3.63, 3.8) is 0 Å². The van der Waals surface area contributed by atoms with Crippen LogP contribution in [-0.2, 0) is 26.1 Å². The maximum Gasteiger partial charge on any atom is 0.338 e. The van der Waals surface area contributed by atoms with Crippen LogP contribution in [0, 0.1) is 0 Å². The number of hydrogen-bond acceptors (Lipinski definition) is 6. The highest BCUT2D eigenvalue weighted by atomic mass is 32.2. The van der Waals surface area contributed by atoms with Crippen molar-refractivity contribution in [1.29, 1.82) is 0 Å². The van der Waals surface area contributed by atoms with Crippen LogP contribution >= 0.6 is 0 Å². The number of ketones is 1. The zero-order valence-corrected chi connectivity index (χ0v) is 13.1. The van der Waals surface area contributed by atoms with Gasteiger partial charge in [-0.2, -0.15) is 0 Å². The molecule has 0 unspecified atom stereocenters. The highest BCUT2D eigenvalue weighted by molar-refractivity contribution is 7.89. The molecular formula is C15H15NO6S. The third kappa shape index (κ3) is 4.76. The van der Waals surface area contributed by atoms with Crippen LogP contribution in [0.4, 0.5) is 0 Å². The van der Waals surface area contributed by atoms with Crippen LogP contribution in [0.3, 0.4) is 0 Å². The summed E-state index contributed by atoms with van der Waals surface area (Å²) in [7, 11) is -3.81. The van der Waals surface area contributed by atoms with Gasteiger partial charge < -0.3 is 9.15 Å². The van der Waals surface area contributed by atoms with Crippen molar-refractivity contribution in [3.8, 4) is 0 Å². The van der Waals surface area contributed by atoms with Crippen LogP contribution in [0.25, 0.3) is 0 Å². The summed E-state index contributed by atoms with van der Waals surface area (Å²) in [6, 6.07) is 8.66. The van der Waals surface area contributed by atoms with E-state index in [-0.39, 0.29) is 29.4 Å². The predicted molar refractivity (Wildman–Crippen MR) is 80.1 cm³/mol. The Hall–Kier alpha value is -2.45. The summed E-state index contributed by atoms with van der Waals surface area (Å²) in [5, 5.41) is 0. The molecule has 0 saturated carbocycles. The Kier molecular flexibility index (Phi) is 5.30. The van der Waals surface area contributed by atoms with Gasteiger partial charge in [0, 0.05) is 0 Å². The standard InChI is InChI=1S/C15H15NO6S/c1-11(17)10-22-15(18)12-4-2-6-14(8-12)23(19,20)16-9-13-5-3-7-21-13/h2-8,16H,9-10H2,1H3. The van der Waals surface area contributed by atoms with Crippen LogP contribution in [0.2, 0.25) is 0 Å². The summed E-state index contributed by atoms with van der Waals surface area (Å²) in [4.78, 5) is 22.5. The molecule has 0 fully saturated rings. The molecule has 0 spiro atoms. The fourth-order valence-corrected chi connectivity index (χ4v) is 2.74. The normalized spacial score (nSPS) is 11.2. The summed E-state index contributed by atoms with van der Waals surface area (Å²) in [5.41, 5.74) is 0.0483. The van der Waals surface area contributed by atoms with Crippen molar-refractivity contribution in [2.24, 2.45) is 0 Å². The van der Waals surface area contributed by atoms with Crippen LogP contribution in [0.5, 0.6) is 0 Å². The molecule has 1 aromatic carbocycles. The molecule has 0 atom stereocenters. The monoisotopic (exact) mass is 337 g/mol. The van der Waals surface area contributed by atoms with Gasteiger partial charge in [0.15, 0.2) is 5.78 Å². The van der Waals surface area contributed by atoms with E-state index in [1.165, 1.54) is 37.5 Å². The summed E-state index contributed by atoms with van der Waals surface area (Å²) >= 11 is 0. The fourth-order valence-electron chi connectivity index (χ4n) is 1.70. The smallest absolute Gasteiger partial charge is 0.338 e. The number of ether oxygens (including phenoxy) is 1. The van der Waals surface area contributed by atoms with E-state index in [2.05, 4.69) is 4.72 Å². The lowest BCUT2D eigenvalue weighted by molar-refractivity contribution is -0.120. The average Bonchev–Trinajstić information content (AvgIpc) is 3.04. The Balaban J connectivity index is 2.11. The minimum Gasteiger partial charge on any atom is -0.468 e. The number of nitrogens with one attached hydrogen (secondary N) is 1. The van der Waals surface area contributed by atoms with Crippen molar-refractivity contribution in [2.75, 3.05) is 6.61 Å². The minimum absolute atomic E-state index is 0.00561. The second-order valence-electron chi connectivity index (χ2n) is 4.71. The molecule has 2 aromatic rings. The van der Waals surface area contributed by atoms with E-state index in [9.17, 15) is 18.0 Å². The van der Waals surface area contributed by atoms with E-state index in [1.54, 1.807) is 12.1 Å². The molecule has 0 bridgehead atoms. The maximum absolute atomic E-state index is 12.2. The number of sulfonamides is 1. The van der Waals surface area contributed by atoms with E-state index in [1.807, 2.05) is 0 Å². The highest BCUT2D eigenvalue weighted by Crippen LogP contribution is 2.13. The van der Waals surface area contributed by atoms with E-state index in [0.29, 0.717) is 5.76 Å². The molecule has 8 heteroatoms. The van der Waals surface area contributed by atoms with Crippen LogP contribution in [0.1, 0.15) is 23.0 Å². The largest absolute Gasteiger partial charge is 0.468 e. The molecular weight excluding hydrogens is 322 g/mol. The highest BCUT2D eigenvalue weighted by Gasteiger charge is 2.17. The molecule has 0 aliphatic carbocycles. The lowest BCUT2D eigenvalue weighted by Gasteiger charge is -2.07. The number of esters is 1. The lowest BCUT2D eigenvalue weighted by atomic mass is 10.2. The second kappa shape index (κ2) is 7.21. The van der Waals surface area contributed by atoms with E-state index in [0.717, 1.165) is 0 Å². The molecule has 0 aliphatic rings. The number of Topliss-reactive ketones (excluding diaryl/α,β-unsaturated/α-hetero) is 1.